The number of ketones is 1. The van der Waals surface area contributed by atoms with Gasteiger partial charge in [-0.1, -0.05) is 18.2 Å². The van der Waals surface area contributed by atoms with E-state index in [-0.39, 0.29) is 22.3 Å². The van der Waals surface area contributed by atoms with Gasteiger partial charge in [0.1, 0.15) is 0 Å². The number of aryl methyl sites for hydroxylation is 2. The van der Waals surface area contributed by atoms with Crippen molar-refractivity contribution in [1.29, 1.82) is 0 Å². The number of esters is 1. The highest BCUT2D eigenvalue weighted by Gasteiger charge is 2.28. The van der Waals surface area contributed by atoms with Crippen molar-refractivity contribution in [2.24, 2.45) is 0 Å². The van der Waals surface area contributed by atoms with E-state index >= 15 is 0 Å². The highest BCUT2D eigenvalue weighted by molar-refractivity contribution is 7.89. The van der Waals surface area contributed by atoms with Crippen LogP contribution in [0, 0.1) is 13.8 Å². The molecule has 1 atom stereocenters. The number of carbonyl (C=O) groups excluding carboxylic acids is 2. The molecule has 28 heavy (non-hydrogen) atoms. The number of hydrogen-bond acceptors (Lipinski definition) is 5. The molecule has 148 valence electrons. The van der Waals surface area contributed by atoms with E-state index in [4.69, 9.17) is 4.74 Å². The van der Waals surface area contributed by atoms with Crippen LogP contribution in [0.15, 0.2) is 47.4 Å². The van der Waals surface area contributed by atoms with Crippen LogP contribution in [0.4, 0.5) is 0 Å². The molecule has 0 unspecified atom stereocenters. The number of nitrogens with one attached hydrogen (secondary N) is 1. The quantitative estimate of drug-likeness (QED) is 0.569. The minimum Gasteiger partial charge on any atom is -0.451 e. The summed E-state index contributed by atoms with van der Waals surface area (Å²) < 4.78 is 32.5. The van der Waals surface area contributed by atoms with Gasteiger partial charge in [0, 0.05) is 11.6 Å². The first-order valence-electron chi connectivity index (χ1n) is 9.12. The van der Waals surface area contributed by atoms with Crippen LogP contribution in [0.25, 0.3) is 0 Å². The van der Waals surface area contributed by atoms with E-state index < -0.39 is 22.1 Å². The first kappa shape index (κ1) is 20.2. The average molecular weight is 401 g/mol. The molecule has 0 aliphatic heterocycles. The number of benzene rings is 2. The predicted octanol–water partition coefficient (Wildman–Crippen LogP) is 3.17. The summed E-state index contributed by atoms with van der Waals surface area (Å²) in [5.41, 5.74) is 2.59. The number of sulfonamides is 1. The van der Waals surface area contributed by atoms with E-state index in [9.17, 15) is 18.0 Å². The van der Waals surface area contributed by atoms with Crippen molar-refractivity contribution in [3.8, 4) is 0 Å². The Morgan fingerprint density at radius 2 is 1.75 bits per heavy atom. The summed E-state index contributed by atoms with van der Waals surface area (Å²) in [5.74, 6) is -1.05. The van der Waals surface area contributed by atoms with Crippen molar-refractivity contribution < 1.29 is 22.7 Å². The van der Waals surface area contributed by atoms with Gasteiger partial charge >= 0.3 is 5.97 Å². The molecule has 0 saturated heterocycles. The Balaban J connectivity index is 1.72. The molecular formula is C21H23NO5S. The Hall–Kier alpha value is -2.51. The first-order valence-corrected chi connectivity index (χ1v) is 10.6. The summed E-state index contributed by atoms with van der Waals surface area (Å²) >= 11 is 0. The van der Waals surface area contributed by atoms with Crippen molar-refractivity contribution >= 4 is 21.8 Å². The third kappa shape index (κ3) is 4.66. The van der Waals surface area contributed by atoms with Crippen molar-refractivity contribution in [1.82, 2.24) is 4.72 Å². The standard InChI is InChI=1S/C21H23NO5S/c1-13-7-8-16(11-14(13)2)20(23)15(3)27-21(24)17-5-4-6-19(12-17)28(25,26)22-18-9-10-18/h4-8,11-12,15,18,22H,9-10H2,1-3H3/t15-/m0/s1. The Morgan fingerprint density at radius 3 is 2.39 bits per heavy atom. The monoisotopic (exact) mass is 401 g/mol. The zero-order valence-corrected chi connectivity index (χ0v) is 16.9. The van der Waals surface area contributed by atoms with Gasteiger partial charge in [0.15, 0.2) is 6.10 Å². The topological polar surface area (TPSA) is 89.5 Å². The second kappa shape index (κ2) is 7.85. The maximum atomic E-state index is 12.5. The van der Waals surface area contributed by atoms with Crippen LogP contribution < -0.4 is 4.72 Å². The summed E-state index contributed by atoms with van der Waals surface area (Å²) in [4.78, 5) is 25.0. The molecule has 1 fully saturated rings. The lowest BCUT2D eigenvalue weighted by Gasteiger charge is -2.14. The van der Waals surface area contributed by atoms with E-state index in [1.54, 1.807) is 12.1 Å². The molecule has 1 aliphatic carbocycles. The molecule has 1 aliphatic rings. The molecule has 0 bridgehead atoms. The molecule has 2 aromatic carbocycles. The SMILES string of the molecule is Cc1ccc(C(=O)[C@H](C)OC(=O)c2cccc(S(=O)(=O)NC3CC3)c2)cc1C. The van der Waals surface area contributed by atoms with Crippen LogP contribution >= 0.6 is 0 Å². The predicted molar refractivity (Wildman–Crippen MR) is 105 cm³/mol. The third-order valence-corrected chi connectivity index (χ3v) is 6.24. The van der Waals surface area contributed by atoms with Gasteiger partial charge in [-0.2, -0.15) is 0 Å². The van der Waals surface area contributed by atoms with Crippen LogP contribution in [0.1, 0.15) is 51.6 Å². The summed E-state index contributed by atoms with van der Waals surface area (Å²) in [6.07, 6.45) is 0.650. The summed E-state index contributed by atoms with van der Waals surface area (Å²) in [7, 11) is -3.67. The molecule has 0 radical (unpaired) electrons. The Kier molecular flexibility index (Phi) is 5.67. The number of rotatable bonds is 7. The van der Waals surface area contributed by atoms with Crippen molar-refractivity contribution in [2.75, 3.05) is 0 Å². The van der Waals surface area contributed by atoms with Crippen LogP contribution in [0.3, 0.4) is 0 Å². The molecule has 0 amide bonds. The van der Waals surface area contributed by atoms with Crippen molar-refractivity contribution in [3.63, 3.8) is 0 Å². The van der Waals surface area contributed by atoms with Crippen LogP contribution in [-0.2, 0) is 14.8 Å². The molecule has 1 N–H and O–H groups in total. The lowest BCUT2D eigenvalue weighted by atomic mass is 10.0. The maximum Gasteiger partial charge on any atom is 0.338 e. The molecule has 0 heterocycles. The van der Waals surface area contributed by atoms with Gasteiger partial charge in [-0.3, -0.25) is 4.79 Å². The van der Waals surface area contributed by atoms with E-state index in [0.717, 1.165) is 24.0 Å². The average Bonchev–Trinajstić information content (AvgIpc) is 3.46. The van der Waals surface area contributed by atoms with E-state index in [1.807, 2.05) is 19.9 Å². The van der Waals surface area contributed by atoms with E-state index in [1.165, 1.54) is 31.2 Å². The highest BCUT2D eigenvalue weighted by Crippen LogP contribution is 2.23. The van der Waals surface area contributed by atoms with Gasteiger partial charge in [-0.15, -0.1) is 0 Å². The number of carbonyl (C=O) groups is 2. The van der Waals surface area contributed by atoms with Gasteiger partial charge in [0.2, 0.25) is 15.8 Å². The molecular weight excluding hydrogens is 378 g/mol. The van der Waals surface area contributed by atoms with Gasteiger partial charge in [0.05, 0.1) is 10.5 Å². The van der Waals surface area contributed by atoms with E-state index in [2.05, 4.69) is 4.72 Å². The largest absolute Gasteiger partial charge is 0.451 e. The normalized spacial score (nSPS) is 15.1. The fraction of sp³-hybridized carbons (Fsp3) is 0.333. The lowest BCUT2D eigenvalue weighted by molar-refractivity contribution is 0.0318. The van der Waals surface area contributed by atoms with Crippen LogP contribution in [0.2, 0.25) is 0 Å². The maximum absolute atomic E-state index is 12.5. The Bertz CT molecular complexity index is 1020. The third-order valence-electron chi connectivity index (χ3n) is 4.72. The molecule has 0 spiro atoms. The Labute approximate surface area is 165 Å². The van der Waals surface area contributed by atoms with Crippen molar-refractivity contribution in [3.05, 3.63) is 64.7 Å². The van der Waals surface area contributed by atoms with Gasteiger partial charge in [-0.25, -0.2) is 17.9 Å². The molecule has 3 rings (SSSR count). The smallest absolute Gasteiger partial charge is 0.338 e. The second-order valence-electron chi connectivity index (χ2n) is 7.13. The van der Waals surface area contributed by atoms with Crippen LogP contribution in [0.5, 0.6) is 0 Å². The Morgan fingerprint density at radius 1 is 1.04 bits per heavy atom. The summed E-state index contributed by atoms with van der Waals surface area (Å²) in [6.45, 7) is 5.36. The molecule has 7 heteroatoms. The molecule has 1 saturated carbocycles. The first-order chi connectivity index (χ1) is 13.2. The van der Waals surface area contributed by atoms with Gasteiger partial charge in [-0.05, 0) is 69.0 Å². The lowest BCUT2D eigenvalue weighted by Crippen LogP contribution is -2.26. The second-order valence-corrected chi connectivity index (χ2v) is 8.85. The summed E-state index contributed by atoms with van der Waals surface area (Å²) in [5, 5.41) is 0. The number of ether oxygens (including phenoxy) is 1. The fourth-order valence-corrected chi connectivity index (χ4v) is 4.04. The molecule has 6 nitrogen and oxygen atoms in total. The van der Waals surface area contributed by atoms with E-state index in [0.29, 0.717) is 5.56 Å². The highest BCUT2D eigenvalue weighted by atomic mass is 32.2. The summed E-state index contributed by atoms with van der Waals surface area (Å²) in [6, 6.07) is 10.9. The number of hydrogen-bond donors (Lipinski definition) is 1. The van der Waals surface area contributed by atoms with Crippen LogP contribution in [-0.4, -0.2) is 32.3 Å². The zero-order valence-electron chi connectivity index (χ0n) is 16.1. The number of Topliss-reactive ketones (excluding diaryl/α,β-unsaturated/α-hetero) is 1. The molecule has 0 aromatic heterocycles. The zero-order chi connectivity index (χ0) is 20.5. The van der Waals surface area contributed by atoms with Gasteiger partial charge in [0.25, 0.3) is 0 Å². The van der Waals surface area contributed by atoms with Crippen molar-refractivity contribution in [2.45, 2.75) is 50.7 Å². The van der Waals surface area contributed by atoms with Gasteiger partial charge < -0.3 is 4.74 Å². The minimum absolute atomic E-state index is 0.00184. The molecule has 2 aromatic rings. The fourth-order valence-electron chi connectivity index (χ4n) is 2.69. The minimum atomic E-state index is -3.67.